The number of thioether (sulfide) groups is 1. The predicted molar refractivity (Wildman–Crippen MR) is 80.2 cm³/mol. The number of nitrogens with one attached hydrogen (secondary N) is 1. The standard InChI is InChI=1S/C15H18FN3S/c1-2-6-19-15(12-8-17-11-18-9-12)10-20-14-5-3-4-13(16)7-14/h3-5,7-9,11,15,19H,2,6,10H2,1H3. The Labute approximate surface area is 123 Å². The Morgan fingerprint density at radius 2 is 2.10 bits per heavy atom. The third-order valence-corrected chi connectivity index (χ3v) is 3.92. The van der Waals surface area contributed by atoms with E-state index in [1.807, 2.05) is 18.5 Å². The minimum Gasteiger partial charge on any atom is -0.309 e. The average molecular weight is 291 g/mol. The number of aromatic nitrogens is 2. The van der Waals surface area contributed by atoms with E-state index in [1.165, 1.54) is 12.4 Å². The maximum Gasteiger partial charge on any atom is 0.124 e. The summed E-state index contributed by atoms with van der Waals surface area (Å²) < 4.78 is 13.2. The van der Waals surface area contributed by atoms with Gasteiger partial charge in [0.25, 0.3) is 0 Å². The molecule has 1 heterocycles. The van der Waals surface area contributed by atoms with E-state index in [2.05, 4.69) is 22.2 Å². The molecule has 0 amide bonds. The van der Waals surface area contributed by atoms with Crippen LogP contribution in [0, 0.1) is 5.82 Å². The van der Waals surface area contributed by atoms with Gasteiger partial charge in [-0.25, -0.2) is 14.4 Å². The number of hydrogen-bond donors (Lipinski definition) is 1. The molecule has 1 atom stereocenters. The molecule has 0 saturated heterocycles. The van der Waals surface area contributed by atoms with Gasteiger partial charge >= 0.3 is 0 Å². The summed E-state index contributed by atoms with van der Waals surface area (Å²) in [6, 6.07) is 6.85. The Morgan fingerprint density at radius 3 is 2.80 bits per heavy atom. The van der Waals surface area contributed by atoms with Gasteiger partial charge < -0.3 is 5.32 Å². The van der Waals surface area contributed by atoms with Crippen molar-refractivity contribution in [3.05, 3.63) is 54.4 Å². The topological polar surface area (TPSA) is 37.8 Å². The lowest BCUT2D eigenvalue weighted by atomic mass is 10.2. The van der Waals surface area contributed by atoms with Crippen LogP contribution in [0.1, 0.15) is 24.9 Å². The van der Waals surface area contributed by atoms with Crippen molar-refractivity contribution >= 4 is 11.8 Å². The van der Waals surface area contributed by atoms with Crippen LogP contribution in [-0.4, -0.2) is 22.3 Å². The first-order valence-electron chi connectivity index (χ1n) is 6.66. The molecule has 5 heteroatoms. The quantitative estimate of drug-likeness (QED) is 0.793. The summed E-state index contributed by atoms with van der Waals surface area (Å²) in [6.45, 7) is 3.06. The van der Waals surface area contributed by atoms with Gasteiger partial charge in [0.1, 0.15) is 12.1 Å². The van der Waals surface area contributed by atoms with Crippen molar-refractivity contribution in [1.82, 2.24) is 15.3 Å². The number of hydrogen-bond acceptors (Lipinski definition) is 4. The lowest BCUT2D eigenvalue weighted by Gasteiger charge is -2.17. The molecular weight excluding hydrogens is 273 g/mol. The zero-order chi connectivity index (χ0) is 14.2. The van der Waals surface area contributed by atoms with E-state index < -0.39 is 0 Å². The van der Waals surface area contributed by atoms with E-state index in [1.54, 1.807) is 23.9 Å². The minimum atomic E-state index is -0.198. The zero-order valence-electron chi connectivity index (χ0n) is 11.4. The van der Waals surface area contributed by atoms with Crippen molar-refractivity contribution < 1.29 is 4.39 Å². The summed E-state index contributed by atoms with van der Waals surface area (Å²) in [7, 11) is 0. The van der Waals surface area contributed by atoms with Crippen molar-refractivity contribution in [2.24, 2.45) is 0 Å². The Hall–Kier alpha value is -1.46. The summed E-state index contributed by atoms with van der Waals surface area (Å²) >= 11 is 1.63. The molecule has 0 fully saturated rings. The zero-order valence-corrected chi connectivity index (χ0v) is 12.2. The Morgan fingerprint density at radius 1 is 1.30 bits per heavy atom. The molecule has 106 valence electrons. The van der Waals surface area contributed by atoms with Crippen LogP contribution in [-0.2, 0) is 0 Å². The molecule has 2 rings (SSSR count). The van der Waals surface area contributed by atoms with Crippen LogP contribution < -0.4 is 5.32 Å². The molecule has 0 saturated carbocycles. The third kappa shape index (κ3) is 4.58. The molecule has 20 heavy (non-hydrogen) atoms. The van der Waals surface area contributed by atoms with Gasteiger partial charge in [-0.2, -0.15) is 0 Å². The Balaban J connectivity index is 2.01. The molecular formula is C15H18FN3S. The SMILES string of the molecule is CCCNC(CSc1cccc(F)c1)c1cncnc1. The highest BCUT2D eigenvalue weighted by Gasteiger charge is 2.11. The van der Waals surface area contributed by atoms with Crippen molar-refractivity contribution in [2.75, 3.05) is 12.3 Å². The molecule has 0 radical (unpaired) electrons. The Kier molecular flexibility index (Phi) is 5.95. The maximum absolute atomic E-state index is 13.2. The van der Waals surface area contributed by atoms with E-state index >= 15 is 0 Å². The van der Waals surface area contributed by atoms with Gasteiger partial charge in [-0.05, 0) is 31.2 Å². The van der Waals surface area contributed by atoms with Gasteiger partial charge in [0.05, 0.1) is 0 Å². The van der Waals surface area contributed by atoms with Gasteiger partial charge in [0.2, 0.25) is 0 Å². The number of nitrogens with zero attached hydrogens (tertiary/aromatic N) is 2. The molecule has 1 N–H and O–H groups in total. The molecule has 0 aliphatic heterocycles. The second-order valence-corrected chi connectivity index (χ2v) is 5.54. The van der Waals surface area contributed by atoms with Crippen molar-refractivity contribution in [3.63, 3.8) is 0 Å². The smallest absolute Gasteiger partial charge is 0.124 e. The van der Waals surface area contributed by atoms with Crippen LogP contribution in [0.15, 0.2) is 47.9 Å². The summed E-state index contributed by atoms with van der Waals surface area (Å²) in [5, 5.41) is 3.48. The minimum absolute atomic E-state index is 0.171. The highest BCUT2D eigenvalue weighted by Crippen LogP contribution is 2.24. The highest BCUT2D eigenvalue weighted by molar-refractivity contribution is 7.99. The normalized spacial score (nSPS) is 12.3. The molecule has 0 spiro atoms. The molecule has 0 bridgehead atoms. The van der Waals surface area contributed by atoms with E-state index in [0.717, 1.165) is 29.2 Å². The summed E-state index contributed by atoms with van der Waals surface area (Å²) in [5.41, 5.74) is 1.06. The van der Waals surface area contributed by atoms with E-state index in [4.69, 9.17) is 0 Å². The molecule has 1 aromatic carbocycles. The van der Waals surface area contributed by atoms with Crippen molar-refractivity contribution in [3.8, 4) is 0 Å². The van der Waals surface area contributed by atoms with Gasteiger partial charge in [-0.3, -0.25) is 0 Å². The number of rotatable bonds is 7. The van der Waals surface area contributed by atoms with Crippen LogP contribution in [0.4, 0.5) is 4.39 Å². The molecule has 1 aromatic heterocycles. The van der Waals surface area contributed by atoms with Gasteiger partial charge in [0.15, 0.2) is 0 Å². The molecule has 3 nitrogen and oxygen atoms in total. The first-order chi connectivity index (χ1) is 9.79. The Bertz CT molecular complexity index is 522. The number of benzene rings is 1. The summed E-state index contributed by atoms with van der Waals surface area (Å²) in [5.74, 6) is 0.618. The summed E-state index contributed by atoms with van der Waals surface area (Å²) in [6.07, 6.45) is 6.24. The highest BCUT2D eigenvalue weighted by atomic mass is 32.2. The van der Waals surface area contributed by atoms with Crippen molar-refractivity contribution in [1.29, 1.82) is 0 Å². The van der Waals surface area contributed by atoms with E-state index in [-0.39, 0.29) is 11.9 Å². The van der Waals surface area contributed by atoms with Crippen LogP contribution >= 0.6 is 11.8 Å². The lowest BCUT2D eigenvalue weighted by Crippen LogP contribution is -2.24. The predicted octanol–water partition coefficient (Wildman–Crippen LogP) is 3.45. The molecule has 0 aliphatic rings. The monoisotopic (exact) mass is 291 g/mol. The van der Waals surface area contributed by atoms with Crippen LogP contribution in [0.2, 0.25) is 0 Å². The first kappa shape index (κ1) is 14.9. The lowest BCUT2D eigenvalue weighted by molar-refractivity contribution is 0.574. The molecule has 2 aromatic rings. The third-order valence-electron chi connectivity index (χ3n) is 2.84. The second kappa shape index (κ2) is 7.97. The van der Waals surface area contributed by atoms with Crippen LogP contribution in [0.3, 0.4) is 0 Å². The average Bonchev–Trinajstić information content (AvgIpc) is 2.48. The van der Waals surface area contributed by atoms with Gasteiger partial charge in [-0.15, -0.1) is 11.8 Å². The van der Waals surface area contributed by atoms with Crippen LogP contribution in [0.25, 0.3) is 0 Å². The fourth-order valence-corrected chi connectivity index (χ4v) is 2.86. The largest absolute Gasteiger partial charge is 0.309 e. The van der Waals surface area contributed by atoms with Crippen molar-refractivity contribution in [2.45, 2.75) is 24.3 Å². The first-order valence-corrected chi connectivity index (χ1v) is 7.65. The summed E-state index contributed by atoms with van der Waals surface area (Å²) in [4.78, 5) is 9.06. The fourth-order valence-electron chi connectivity index (χ4n) is 1.82. The van der Waals surface area contributed by atoms with E-state index in [0.29, 0.717) is 0 Å². The molecule has 1 unspecified atom stereocenters. The molecule has 0 aliphatic carbocycles. The van der Waals surface area contributed by atoms with Gasteiger partial charge in [-0.1, -0.05) is 13.0 Å². The second-order valence-electron chi connectivity index (χ2n) is 4.45. The number of halogens is 1. The van der Waals surface area contributed by atoms with Crippen LogP contribution in [0.5, 0.6) is 0 Å². The maximum atomic E-state index is 13.2. The van der Waals surface area contributed by atoms with E-state index in [9.17, 15) is 4.39 Å². The van der Waals surface area contributed by atoms with Gasteiger partial charge in [0, 0.05) is 34.6 Å². The fraction of sp³-hybridized carbons (Fsp3) is 0.333.